The van der Waals surface area contributed by atoms with Crippen molar-refractivity contribution in [2.24, 2.45) is 0 Å². The second-order valence-electron chi connectivity index (χ2n) is 10.3. The number of nitrogens with one attached hydrogen (secondary N) is 2. The molecule has 0 bridgehead atoms. The largest absolute Gasteiger partial charge is 0.478 e. The van der Waals surface area contributed by atoms with E-state index >= 15 is 0 Å². The number of halogens is 4. The number of carboxylic acid groups (broad SMARTS) is 1. The molecule has 0 fully saturated rings. The fourth-order valence-corrected chi connectivity index (χ4v) is 6.84. The summed E-state index contributed by atoms with van der Waals surface area (Å²) in [5.74, 6) is -2.10. The molecule has 1 aromatic heterocycles. The molecule has 0 spiro atoms. The van der Waals surface area contributed by atoms with Crippen LogP contribution in [0.2, 0.25) is 20.1 Å². The molecule has 6 aromatic rings. The van der Waals surface area contributed by atoms with Crippen molar-refractivity contribution < 1.29 is 23.9 Å². The number of carbonyl (C=O) groups is 3. The quantitative estimate of drug-likeness (QED) is 0.0767. The van der Waals surface area contributed by atoms with E-state index in [0.717, 1.165) is 21.5 Å². The molecule has 0 aliphatic rings. The normalized spacial score (nSPS) is 11.7. The lowest BCUT2D eigenvalue weighted by atomic mass is 10.1. The van der Waals surface area contributed by atoms with Crippen LogP contribution in [0.3, 0.4) is 0 Å². The number of amides is 2. The Morgan fingerprint density at radius 1 is 0.688 bits per heavy atom. The average Bonchev–Trinajstić information content (AvgIpc) is 3.53. The first kappa shape index (κ1) is 33.4. The first-order valence-electron chi connectivity index (χ1n) is 14.1. The predicted molar refractivity (Wildman–Crippen MR) is 191 cm³/mol. The number of para-hydroxylation sites is 2. The lowest BCUT2D eigenvalue weighted by Crippen LogP contribution is -2.19. The van der Waals surface area contributed by atoms with Crippen LogP contribution in [0.25, 0.3) is 22.6 Å². The second-order valence-corrected chi connectivity index (χ2v) is 12.9. The molecule has 0 radical (unpaired) electrons. The van der Waals surface area contributed by atoms with Crippen molar-refractivity contribution in [1.29, 1.82) is 0 Å². The first-order valence-corrected chi connectivity index (χ1v) is 16.5. The molecule has 6 rings (SSSR count). The van der Waals surface area contributed by atoms with E-state index in [4.69, 9.17) is 50.8 Å². The maximum Gasteiger partial charge on any atom is 0.338 e. The fourth-order valence-electron chi connectivity index (χ4n) is 4.79. The Hall–Kier alpha value is -4.51. The highest BCUT2D eigenvalue weighted by Gasteiger charge is 2.29. The van der Waals surface area contributed by atoms with Gasteiger partial charge in [-0.1, -0.05) is 88.9 Å². The third kappa shape index (κ3) is 7.01. The van der Waals surface area contributed by atoms with Gasteiger partial charge in [0.2, 0.25) is 11.8 Å². The van der Waals surface area contributed by atoms with Gasteiger partial charge in [-0.3, -0.25) is 9.59 Å². The highest BCUT2D eigenvalue weighted by Crippen LogP contribution is 2.42. The average molecular weight is 737 g/mol. The van der Waals surface area contributed by atoms with Crippen LogP contribution in [0.1, 0.15) is 31.5 Å². The second kappa shape index (κ2) is 14.3. The van der Waals surface area contributed by atoms with Gasteiger partial charge in [0.05, 0.1) is 31.2 Å². The zero-order chi connectivity index (χ0) is 33.9. The van der Waals surface area contributed by atoms with E-state index in [1.807, 2.05) is 66.7 Å². The van der Waals surface area contributed by atoms with Crippen molar-refractivity contribution in [3.8, 4) is 11.5 Å². The Balaban J connectivity index is 1.18. The van der Waals surface area contributed by atoms with Crippen LogP contribution in [0.5, 0.6) is 0 Å². The van der Waals surface area contributed by atoms with E-state index in [1.165, 1.54) is 11.8 Å². The number of aromatic carboxylic acids is 1. The molecule has 1 atom stereocenters. The van der Waals surface area contributed by atoms with E-state index in [9.17, 15) is 19.5 Å². The molecule has 3 N–H and O–H groups in total. The smallest absolute Gasteiger partial charge is 0.338 e. The zero-order valence-electron chi connectivity index (χ0n) is 24.3. The maximum absolute atomic E-state index is 13.6. The van der Waals surface area contributed by atoms with Gasteiger partial charge in [0.15, 0.2) is 5.58 Å². The SMILES string of the molecule is O=C(O)c1c(Cl)c(Cl)c(Cl)c(Cl)c1C(=O)Nc1ccc(SC(C(=O)Nc2ccc(-c3nc4ccccc4o3)cc2)c2ccccc2)cc1. The molecule has 2 amide bonds. The highest BCUT2D eigenvalue weighted by atomic mass is 35.5. The van der Waals surface area contributed by atoms with Gasteiger partial charge >= 0.3 is 5.97 Å². The molecule has 8 nitrogen and oxygen atoms in total. The van der Waals surface area contributed by atoms with Crippen molar-refractivity contribution in [2.75, 3.05) is 10.6 Å². The van der Waals surface area contributed by atoms with Gasteiger partial charge in [-0.25, -0.2) is 9.78 Å². The zero-order valence-corrected chi connectivity index (χ0v) is 28.2. The number of aromatic nitrogens is 1. The van der Waals surface area contributed by atoms with Gasteiger partial charge in [0, 0.05) is 21.8 Å². The van der Waals surface area contributed by atoms with Gasteiger partial charge in [0.25, 0.3) is 5.91 Å². The molecule has 0 saturated carbocycles. The number of carboxylic acids is 1. The third-order valence-corrected chi connectivity index (χ3v) is 10.2. The summed E-state index contributed by atoms with van der Waals surface area (Å²) >= 11 is 25.7. The minimum Gasteiger partial charge on any atom is -0.478 e. The lowest BCUT2D eigenvalue weighted by molar-refractivity contribution is -0.115. The molecule has 48 heavy (non-hydrogen) atoms. The van der Waals surface area contributed by atoms with Crippen LogP contribution < -0.4 is 10.6 Å². The summed E-state index contributed by atoms with van der Waals surface area (Å²) in [5.41, 5.74) is 2.94. The fraction of sp³-hybridized carbons (Fsp3) is 0.0286. The number of fused-ring (bicyclic) bond motifs is 1. The third-order valence-electron chi connectivity index (χ3n) is 7.11. The summed E-state index contributed by atoms with van der Waals surface area (Å²) in [5, 5.41) is 13.4. The maximum atomic E-state index is 13.6. The van der Waals surface area contributed by atoms with Crippen LogP contribution in [0.15, 0.2) is 112 Å². The number of carbonyl (C=O) groups excluding carboxylic acids is 2. The van der Waals surface area contributed by atoms with Gasteiger partial charge in [-0.15, -0.1) is 11.8 Å². The number of oxazole rings is 1. The monoisotopic (exact) mass is 735 g/mol. The minimum atomic E-state index is -1.50. The van der Waals surface area contributed by atoms with E-state index in [1.54, 1.807) is 36.4 Å². The summed E-state index contributed by atoms with van der Waals surface area (Å²) < 4.78 is 5.85. The predicted octanol–water partition coefficient (Wildman–Crippen LogP) is 10.5. The molecule has 0 aliphatic carbocycles. The highest BCUT2D eigenvalue weighted by molar-refractivity contribution is 8.00. The minimum absolute atomic E-state index is 0.241. The van der Waals surface area contributed by atoms with Crippen molar-refractivity contribution in [3.63, 3.8) is 0 Å². The Bertz CT molecular complexity index is 2140. The van der Waals surface area contributed by atoms with Gasteiger partial charge in [-0.05, 0) is 66.2 Å². The Kier molecular flexibility index (Phi) is 9.96. The first-order chi connectivity index (χ1) is 23.1. The van der Waals surface area contributed by atoms with Gasteiger partial charge in [-0.2, -0.15) is 0 Å². The molecule has 0 aliphatic heterocycles. The number of anilines is 2. The topological polar surface area (TPSA) is 122 Å². The summed E-state index contributed by atoms with van der Waals surface area (Å²) in [6.45, 7) is 0. The molecule has 0 saturated heterocycles. The van der Waals surface area contributed by atoms with Crippen LogP contribution in [0, 0.1) is 0 Å². The van der Waals surface area contributed by atoms with Crippen molar-refractivity contribution in [1.82, 2.24) is 4.98 Å². The van der Waals surface area contributed by atoms with Gasteiger partial charge in [0.1, 0.15) is 10.8 Å². The van der Waals surface area contributed by atoms with E-state index in [2.05, 4.69) is 15.6 Å². The Morgan fingerprint density at radius 3 is 1.92 bits per heavy atom. The van der Waals surface area contributed by atoms with Crippen LogP contribution in [-0.2, 0) is 4.79 Å². The Labute approximate surface area is 298 Å². The van der Waals surface area contributed by atoms with Crippen molar-refractivity contribution in [3.05, 3.63) is 140 Å². The van der Waals surface area contributed by atoms with Crippen molar-refractivity contribution in [2.45, 2.75) is 10.1 Å². The van der Waals surface area contributed by atoms with E-state index < -0.39 is 33.3 Å². The van der Waals surface area contributed by atoms with Gasteiger partial charge < -0.3 is 20.2 Å². The molecule has 1 unspecified atom stereocenters. The number of hydrogen-bond donors (Lipinski definition) is 3. The van der Waals surface area contributed by atoms with Crippen LogP contribution >= 0.6 is 58.2 Å². The van der Waals surface area contributed by atoms with E-state index in [0.29, 0.717) is 22.8 Å². The Morgan fingerprint density at radius 2 is 1.27 bits per heavy atom. The number of thioether (sulfide) groups is 1. The lowest BCUT2D eigenvalue weighted by Gasteiger charge is -2.18. The molecular formula is C35H21Cl4N3O5S. The molecule has 240 valence electrons. The summed E-state index contributed by atoms with van der Waals surface area (Å²) in [4.78, 5) is 43.9. The van der Waals surface area contributed by atoms with Crippen LogP contribution in [-0.4, -0.2) is 27.9 Å². The van der Waals surface area contributed by atoms with E-state index in [-0.39, 0.29) is 21.0 Å². The molecule has 13 heteroatoms. The van der Waals surface area contributed by atoms with Crippen molar-refractivity contribution >= 4 is 98.4 Å². The molecular weight excluding hydrogens is 716 g/mol. The number of rotatable bonds is 9. The standard InChI is InChI=1S/C35H21Cl4N3O5S/c36-27-25(26(35(45)46)28(37)30(39)29(27)38)32(43)40-21-14-16-22(17-15-21)48-31(18-6-2-1-3-7-18)33(44)41-20-12-10-19(11-13-20)34-42-23-8-4-5-9-24(23)47-34/h1-17,31H,(H,40,43)(H,41,44)(H,45,46). The number of nitrogens with zero attached hydrogens (tertiary/aromatic N) is 1. The molecule has 5 aromatic carbocycles. The summed E-state index contributed by atoms with van der Waals surface area (Å²) in [6, 6.07) is 30.7. The number of benzene rings is 5. The number of hydrogen-bond acceptors (Lipinski definition) is 6. The summed E-state index contributed by atoms with van der Waals surface area (Å²) in [6.07, 6.45) is 0. The van der Waals surface area contributed by atoms with Crippen LogP contribution in [0.4, 0.5) is 11.4 Å². The summed E-state index contributed by atoms with van der Waals surface area (Å²) in [7, 11) is 0. The molecule has 1 heterocycles.